The number of phosphoric ester groups is 4. The molecule has 5 unspecified atom stereocenters. The van der Waals surface area contributed by atoms with Gasteiger partial charge in [0.1, 0.15) is 110 Å². The minimum Gasteiger partial charge on any atom is -0.390 e. The van der Waals surface area contributed by atoms with E-state index >= 15 is 0 Å². The van der Waals surface area contributed by atoms with E-state index in [9.17, 15) is 81.2 Å². The van der Waals surface area contributed by atoms with Gasteiger partial charge in [0.25, 0.3) is 16.7 Å². The number of aromatic amines is 3. The Morgan fingerprint density at radius 2 is 0.941 bits per heavy atom. The SMILES string of the molecule is Cc1cn([C@H]2C[C@H](OP(=O)(O)OC[C@H]3O[C@@H](n4cnc5c(N)ncnc54)C[C@@H]3OP(=O)(O)OC[C@H]3O[C@@H](n4ccc(N)nc4=O)C[C@@H]3OP(=O)(O)OC[C@H]3O[C@@H](n4cc(C)c(=O)[nH]c4=O)C[C@@H]3OP(=O)(O)OC[C@H]3O[C@@H](n4cnc5c(=O)[nH]c(N)nc54)C[C@@H]3O)[C@@H](CO[P+](=O)O)O2)c(=O)[nH]c1=O. The van der Waals surface area contributed by atoms with Crippen LogP contribution in [0.2, 0.25) is 0 Å². The number of H-pyrrole nitrogens is 3. The topological polar surface area (TPSA) is 666 Å². The van der Waals surface area contributed by atoms with Crippen LogP contribution >= 0.6 is 39.5 Å². The molecular formula is C49H63N17O31P5+. The third-order valence-corrected chi connectivity index (χ3v) is 20.9. The number of nitrogens with one attached hydrogen (secondary N) is 3. The van der Waals surface area contributed by atoms with Crippen molar-refractivity contribution in [1.82, 2.24) is 67.7 Å². The molecule has 0 aliphatic carbocycles. The van der Waals surface area contributed by atoms with Crippen molar-refractivity contribution in [2.75, 3.05) is 50.2 Å². The molecule has 20 atom stereocenters. The number of nitrogen functional groups attached to an aromatic ring is 3. The predicted molar refractivity (Wildman–Crippen MR) is 334 cm³/mol. The second kappa shape index (κ2) is 29.7. The van der Waals surface area contributed by atoms with Crippen molar-refractivity contribution in [1.29, 1.82) is 0 Å². The Labute approximate surface area is 567 Å². The van der Waals surface area contributed by atoms with Gasteiger partial charge in [-0.05, 0) is 19.9 Å². The zero-order valence-corrected chi connectivity index (χ0v) is 57.0. The normalized spacial score (nSPS) is 29.3. The average Bonchev–Trinajstić information content (AvgIpc) is 1.64. The summed E-state index contributed by atoms with van der Waals surface area (Å²) in [4.78, 5) is 161. The fraction of sp³-hybridized carbons (Fsp3) is 0.551. The van der Waals surface area contributed by atoms with Crippen molar-refractivity contribution >= 4 is 79.5 Å². The molecule has 554 valence electrons. The van der Waals surface area contributed by atoms with Crippen molar-refractivity contribution < 1.29 is 117 Å². The summed E-state index contributed by atoms with van der Waals surface area (Å²) in [7, 11) is -25.0. The summed E-state index contributed by atoms with van der Waals surface area (Å²) < 4.78 is 151. The highest BCUT2D eigenvalue weighted by Crippen LogP contribution is 2.55. The van der Waals surface area contributed by atoms with Crippen LogP contribution in [0, 0.1) is 13.8 Å². The molecule has 102 heavy (non-hydrogen) atoms. The molecule has 12 heterocycles. The van der Waals surface area contributed by atoms with E-state index in [0.717, 1.165) is 38.6 Å². The van der Waals surface area contributed by atoms with Crippen LogP contribution in [0.3, 0.4) is 0 Å². The number of phosphoric acid groups is 4. The first-order chi connectivity index (χ1) is 48.1. The minimum absolute atomic E-state index is 0.000127. The molecule has 7 aromatic heterocycles. The highest BCUT2D eigenvalue weighted by atomic mass is 31.2. The van der Waals surface area contributed by atoms with Crippen LogP contribution in [0.15, 0.2) is 72.4 Å². The quantitative estimate of drug-likeness (QED) is 0.0240. The smallest absolute Gasteiger partial charge is 0.390 e. The first kappa shape index (κ1) is 74.5. The Morgan fingerprint density at radius 1 is 0.529 bits per heavy atom. The van der Waals surface area contributed by atoms with Crippen LogP contribution in [0.4, 0.5) is 17.6 Å². The van der Waals surface area contributed by atoms with Gasteiger partial charge in [0.2, 0.25) is 5.95 Å². The molecule has 12 rings (SSSR count). The summed E-state index contributed by atoms with van der Waals surface area (Å²) in [5, 5.41) is 10.9. The highest BCUT2D eigenvalue weighted by molar-refractivity contribution is 7.48. The second-order valence-electron chi connectivity index (χ2n) is 23.4. The molecule has 53 heteroatoms. The van der Waals surface area contributed by atoms with Gasteiger partial charge in [-0.25, -0.2) is 52.6 Å². The summed E-state index contributed by atoms with van der Waals surface area (Å²) in [6.45, 7) is -1.96. The average molecular weight is 1540 g/mol. The van der Waals surface area contributed by atoms with E-state index in [1.165, 1.54) is 41.7 Å². The van der Waals surface area contributed by atoms with Crippen molar-refractivity contribution in [3.8, 4) is 0 Å². The van der Waals surface area contributed by atoms with E-state index in [2.05, 4.69) is 44.9 Å². The van der Waals surface area contributed by atoms with Crippen molar-refractivity contribution in [3.05, 3.63) is 117 Å². The Balaban J connectivity index is 0.734. The Morgan fingerprint density at radius 3 is 1.41 bits per heavy atom. The van der Waals surface area contributed by atoms with Crippen LogP contribution in [0.25, 0.3) is 22.3 Å². The van der Waals surface area contributed by atoms with Gasteiger partial charge in [-0.15, -0.1) is 9.42 Å². The lowest BCUT2D eigenvalue weighted by molar-refractivity contribution is -0.0642. The van der Waals surface area contributed by atoms with Gasteiger partial charge in [0.15, 0.2) is 22.6 Å². The van der Waals surface area contributed by atoms with Gasteiger partial charge in [-0.3, -0.25) is 88.4 Å². The lowest BCUT2D eigenvalue weighted by atomic mass is 10.2. The monoisotopic (exact) mass is 1540 g/mol. The number of nitrogens with two attached hydrogens (primary N) is 3. The molecule has 5 aliphatic heterocycles. The third kappa shape index (κ3) is 16.9. The van der Waals surface area contributed by atoms with Gasteiger partial charge in [0, 0.05) is 66.4 Å². The number of aliphatic hydroxyl groups is 1. The maximum Gasteiger partial charge on any atom is 0.694 e. The van der Waals surface area contributed by atoms with Gasteiger partial charge < -0.3 is 65.6 Å². The van der Waals surface area contributed by atoms with Crippen LogP contribution in [-0.4, -0.2) is 191 Å². The first-order valence-corrected chi connectivity index (χ1v) is 37.3. The number of hydrogen-bond donors (Lipinski definition) is 12. The zero-order valence-electron chi connectivity index (χ0n) is 52.5. The number of hydrogen-bond acceptors (Lipinski definition) is 35. The minimum atomic E-state index is -5.54. The molecule has 48 nitrogen and oxygen atoms in total. The number of ether oxygens (including phenoxy) is 5. The zero-order chi connectivity index (χ0) is 73.1. The summed E-state index contributed by atoms with van der Waals surface area (Å²) in [6.07, 6.45) is -17.4. The van der Waals surface area contributed by atoms with Gasteiger partial charge in [-0.1, -0.05) is 0 Å². The number of nitrogens with zero attached hydrogens (tertiary/aromatic N) is 11. The lowest BCUT2D eigenvalue weighted by Crippen LogP contribution is -2.33. The molecule has 5 fully saturated rings. The Kier molecular flexibility index (Phi) is 21.7. The van der Waals surface area contributed by atoms with Crippen LogP contribution in [0.5, 0.6) is 0 Å². The Hall–Kier alpha value is -7.24. The molecule has 0 spiro atoms. The summed E-state index contributed by atoms with van der Waals surface area (Å²) in [5.41, 5.74) is 12.5. The highest BCUT2D eigenvalue weighted by Gasteiger charge is 2.50. The molecule has 5 aliphatic rings. The van der Waals surface area contributed by atoms with Crippen LogP contribution in [-0.2, 0) is 87.2 Å². The first-order valence-electron chi connectivity index (χ1n) is 30.2. The maximum absolute atomic E-state index is 14.2. The summed E-state index contributed by atoms with van der Waals surface area (Å²) in [5.74, 6) is -0.524. The van der Waals surface area contributed by atoms with Crippen molar-refractivity contribution in [2.24, 2.45) is 0 Å². The number of fused-ring (bicyclic) bond motifs is 2. The van der Waals surface area contributed by atoms with Crippen LogP contribution < -0.4 is 50.9 Å². The van der Waals surface area contributed by atoms with Crippen LogP contribution in [0.1, 0.15) is 74.4 Å². The van der Waals surface area contributed by atoms with E-state index in [0.29, 0.717) is 0 Å². The summed E-state index contributed by atoms with van der Waals surface area (Å²) in [6, 6.07) is 1.19. The fourth-order valence-electron chi connectivity index (χ4n) is 11.7. The molecular weight excluding hydrogens is 1480 g/mol. The van der Waals surface area contributed by atoms with E-state index in [1.54, 1.807) is 0 Å². The molecule has 5 saturated heterocycles. The van der Waals surface area contributed by atoms with E-state index in [1.807, 2.05) is 0 Å². The van der Waals surface area contributed by atoms with Crippen molar-refractivity contribution in [2.45, 2.75) is 138 Å². The number of rotatable bonds is 28. The van der Waals surface area contributed by atoms with E-state index < -0.39 is 224 Å². The molecule has 15 N–H and O–H groups in total. The predicted octanol–water partition coefficient (Wildman–Crippen LogP) is -1.85. The number of aryl methyl sites for hydroxylation is 2. The van der Waals surface area contributed by atoms with Gasteiger partial charge in [-0.2, -0.15) is 9.97 Å². The largest absolute Gasteiger partial charge is 0.694 e. The summed E-state index contributed by atoms with van der Waals surface area (Å²) >= 11 is 0. The van der Waals surface area contributed by atoms with E-state index in [-0.39, 0.29) is 57.5 Å². The molecule has 0 saturated carbocycles. The number of anilines is 3. The van der Waals surface area contributed by atoms with Gasteiger partial charge in [0.05, 0.1) is 45.2 Å². The third-order valence-electron chi connectivity index (χ3n) is 16.5. The molecule has 0 aromatic carbocycles. The number of imidazole rings is 2. The second-order valence-corrected chi connectivity index (χ2v) is 29.8. The lowest BCUT2D eigenvalue weighted by Gasteiger charge is -2.25. The molecule has 7 aromatic rings. The standard InChI is InChI=1S/C49H62N17O31P5/c1-20-10-63(48(72)60-43(20)68)35-7-23(28(90-35)12-84-98(74)75)94-100(78,79)88-16-31-26(9-37(93-31)65-18-55-38-40(51)53-17-54-41(38)65)97-102(82,83)86-14-29-24(6-34(91-29)62-4-3-32(50)57-47(62)71)95-101(80,81)87-15-30-25(8-36(92-30)64-11-21(2)44(69)61-49(64)73)96-99(76,77)85-13-27-22(67)5-33(89-27)66-19-56-39-42(66)58-46(52)59-45(39)70/h3-4,10-11,17-19,22-31,33-37,67H,5-9,12-16H2,1-2H3,(H13-,50,51,52,53,54,57,58,59,60,61,68,69,70,71,72,73,74,75,76,77,78,79,80,81,82,83)/p+1/t22-,23-,24-,25-,26-,27+,28+,29+,30+,31+,33+,34+,35+,36+,37+/m0/s1. The fourth-order valence-corrected chi connectivity index (χ4v) is 15.8. The van der Waals surface area contributed by atoms with E-state index in [4.69, 9.17) is 81.6 Å². The van der Waals surface area contributed by atoms with Gasteiger partial charge >= 0.3 is 56.6 Å². The Bertz CT molecular complexity index is 4910. The molecule has 0 bridgehead atoms. The van der Waals surface area contributed by atoms with Crippen molar-refractivity contribution in [3.63, 3.8) is 0 Å². The maximum atomic E-state index is 14.2. The molecule has 0 radical (unpaired) electrons. The number of aromatic nitrogens is 14. The molecule has 0 amide bonds. The number of aliphatic hydroxyl groups excluding tert-OH is 1.